The van der Waals surface area contributed by atoms with Crippen molar-refractivity contribution in [1.82, 2.24) is 5.32 Å². The highest BCUT2D eigenvalue weighted by Crippen LogP contribution is 2.35. The molecule has 10 heteroatoms. The van der Waals surface area contributed by atoms with E-state index in [1.807, 2.05) is 12.1 Å². The summed E-state index contributed by atoms with van der Waals surface area (Å²) in [6.45, 7) is 6.63. The van der Waals surface area contributed by atoms with Crippen LogP contribution in [0.15, 0.2) is 58.4 Å². The minimum absolute atomic E-state index is 0.133. The van der Waals surface area contributed by atoms with Gasteiger partial charge in [0.15, 0.2) is 22.4 Å². The number of hydrogen-bond donors (Lipinski definition) is 1. The minimum Gasteiger partial charge on any atom is -0.493 e. The number of rotatable bonds is 8. The van der Waals surface area contributed by atoms with Gasteiger partial charge in [0.1, 0.15) is 6.61 Å². The molecule has 0 atom stereocenters. The molecule has 0 radical (unpaired) electrons. The van der Waals surface area contributed by atoms with Crippen molar-refractivity contribution in [3.8, 4) is 17.2 Å². The molecule has 0 aromatic heterocycles. The number of methoxy groups -OCH3 is 2. The normalized spacial score (nSPS) is 15.0. The maximum Gasteiger partial charge on any atom is 0.313 e. The van der Waals surface area contributed by atoms with Gasteiger partial charge in [0.25, 0.3) is 5.91 Å². The lowest BCUT2D eigenvalue weighted by Gasteiger charge is -2.15. The van der Waals surface area contributed by atoms with E-state index in [1.165, 1.54) is 35.9 Å². The molecular weight excluding hydrogens is 506 g/mol. The Balaban J connectivity index is 1.51. The van der Waals surface area contributed by atoms with Gasteiger partial charge in [-0.05, 0) is 85.1 Å². The van der Waals surface area contributed by atoms with Crippen LogP contribution in [0.2, 0.25) is 0 Å². The fourth-order valence-electron chi connectivity index (χ4n) is 4.12. The fourth-order valence-corrected chi connectivity index (χ4v) is 4.96. The topological polar surface area (TPSA) is 112 Å². The maximum atomic E-state index is 12.6. The van der Waals surface area contributed by atoms with Crippen molar-refractivity contribution in [2.24, 2.45) is 4.99 Å². The van der Waals surface area contributed by atoms with Crippen LogP contribution in [0.25, 0.3) is 6.08 Å². The summed E-state index contributed by atoms with van der Waals surface area (Å²) in [6, 6.07) is 14.1. The molecule has 0 bridgehead atoms. The number of hydrogen-bond acceptors (Lipinski definition) is 8. The summed E-state index contributed by atoms with van der Waals surface area (Å²) < 4.78 is 16.6. The average molecular weight is 534 g/mol. The van der Waals surface area contributed by atoms with Crippen molar-refractivity contribution < 1.29 is 23.9 Å². The number of carbonyl (C=O) groups excluding carboxylic acids is 1. The van der Waals surface area contributed by atoms with Crippen molar-refractivity contribution in [2.75, 3.05) is 14.2 Å². The Morgan fingerprint density at radius 2 is 1.66 bits per heavy atom. The highest BCUT2D eigenvalue weighted by atomic mass is 32.2. The zero-order chi connectivity index (χ0) is 27.4. The Morgan fingerprint density at radius 1 is 0.974 bits per heavy atom. The molecule has 9 nitrogen and oxygen atoms in total. The zero-order valence-corrected chi connectivity index (χ0v) is 22.5. The number of nitrogens with zero attached hydrogens (tertiary/aromatic N) is 2. The second-order valence-corrected chi connectivity index (χ2v) is 9.70. The molecule has 0 saturated carbocycles. The van der Waals surface area contributed by atoms with Gasteiger partial charge in [-0.1, -0.05) is 23.8 Å². The van der Waals surface area contributed by atoms with Gasteiger partial charge in [-0.15, -0.1) is 0 Å². The summed E-state index contributed by atoms with van der Waals surface area (Å²) in [5.41, 5.74) is 5.56. The third kappa shape index (κ3) is 5.97. The van der Waals surface area contributed by atoms with E-state index >= 15 is 0 Å². The molecule has 196 valence electrons. The van der Waals surface area contributed by atoms with Crippen molar-refractivity contribution in [1.29, 1.82) is 0 Å². The molecule has 1 fully saturated rings. The van der Waals surface area contributed by atoms with Crippen LogP contribution >= 0.6 is 11.8 Å². The lowest BCUT2D eigenvalue weighted by molar-refractivity contribution is -0.385. The first-order chi connectivity index (χ1) is 18.2. The monoisotopic (exact) mass is 533 g/mol. The van der Waals surface area contributed by atoms with Gasteiger partial charge in [-0.3, -0.25) is 14.9 Å². The van der Waals surface area contributed by atoms with Crippen molar-refractivity contribution in [2.45, 2.75) is 27.4 Å². The molecule has 1 aliphatic rings. The number of nitrogens with one attached hydrogen (secondary N) is 1. The van der Waals surface area contributed by atoms with Gasteiger partial charge in [0.2, 0.25) is 0 Å². The lowest BCUT2D eigenvalue weighted by Crippen LogP contribution is -2.19. The van der Waals surface area contributed by atoms with Crippen LogP contribution in [0.3, 0.4) is 0 Å². The van der Waals surface area contributed by atoms with Crippen LogP contribution in [0.5, 0.6) is 17.2 Å². The largest absolute Gasteiger partial charge is 0.493 e. The Hall–Kier alpha value is -4.31. The summed E-state index contributed by atoms with van der Waals surface area (Å²) in [7, 11) is 2.93. The van der Waals surface area contributed by atoms with Gasteiger partial charge in [0.05, 0.1) is 29.7 Å². The molecule has 3 aromatic rings. The van der Waals surface area contributed by atoms with Gasteiger partial charge < -0.3 is 19.5 Å². The third-order valence-electron chi connectivity index (χ3n) is 5.94. The Morgan fingerprint density at radius 3 is 2.32 bits per heavy atom. The van der Waals surface area contributed by atoms with Crippen molar-refractivity contribution >= 4 is 40.3 Å². The van der Waals surface area contributed by atoms with Gasteiger partial charge in [0, 0.05) is 6.07 Å². The van der Waals surface area contributed by atoms with Crippen molar-refractivity contribution in [3.63, 3.8) is 0 Å². The Kier molecular flexibility index (Phi) is 8.02. The predicted octanol–water partition coefficient (Wildman–Crippen LogP) is 6.01. The molecule has 0 spiro atoms. The maximum absolute atomic E-state index is 12.6. The van der Waals surface area contributed by atoms with Crippen LogP contribution in [-0.4, -0.2) is 30.2 Å². The van der Waals surface area contributed by atoms with Gasteiger partial charge in [-0.2, -0.15) is 0 Å². The van der Waals surface area contributed by atoms with Gasteiger partial charge >= 0.3 is 5.69 Å². The standard InChI is InChI=1S/C28H27N3O6S/c1-16-10-17(2)21(18(3)11-16)15-37-24-8-6-19(12-25(24)36-5)13-26-27(32)30-28(38-26)29-20-7-9-23(35-4)22(14-20)31(33)34/h6-14H,15H2,1-5H3,(H,29,30,32)/b26-13-. The molecule has 3 aromatic carbocycles. The Labute approximate surface area is 224 Å². The zero-order valence-electron chi connectivity index (χ0n) is 21.7. The SMILES string of the molecule is COc1cc(/C=C2\SC(=Nc3ccc(OC)c([N+](=O)[O-])c3)NC2=O)ccc1OCc1c(C)cc(C)cc1C. The molecule has 1 aliphatic heterocycles. The molecule has 1 amide bonds. The molecule has 4 rings (SSSR count). The van der Waals surface area contributed by atoms with Crippen LogP contribution in [0.1, 0.15) is 27.8 Å². The van der Waals surface area contributed by atoms with E-state index in [1.54, 1.807) is 25.3 Å². The number of aryl methyl sites for hydroxylation is 3. The smallest absolute Gasteiger partial charge is 0.313 e. The highest BCUT2D eigenvalue weighted by molar-refractivity contribution is 8.18. The highest BCUT2D eigenvalue weighted by Gasteiger charge is 2.25. The number of ether oxygens (including phenoxy) is 3. The van der Waals surface area contributed by atoms with E-state index in [9.17, 15) is 14.9 Å². The van der Waals surface area contributed by atoms with E-state index in [0.29, 0.717) is 33.9 Å². The van der Waals surface area contributed by atoms with E-state index in [2.05, 4.69) is 43.2 Å². The average Bonchev–Trinajstić information content (AvgIpc) is 3.21. The summed E-state index contributed by atoms with van der Waals surface area (Å²) in [4.78, 5) is 28.1. The van der Waals surface area contributed by atoms with E-state index in [0.717, 1.165) is 22.9 Å². The van der Waals surface area contributed by atoms with Crippen LogP contribution in [0, 0.1) is 30.9 Å². The van der Waals surface area contributed by atoms with Crippen LogP contribution < -0.4 is 19.5 Å². The first-order valence-electron chi connectivity index (χ1n) is 11.7. The summed E-state index contributed by atoms with van der Waals surface area (Å²) >= 11 is 1.14. The number of nitro groups is 1. The summed E-state index contributed by atoms with van der Waals surface area (Å²) in [5, 5.41) is 14.3. The number of benzene rings is 3. The quantitative estimate of drug-likeness (QED) is 0.214. The molecule has 1 N–H and O–H groups in total. The fraction of sp³-hybridized carbons (Fsp3) is 0.214. The third-order valence-corrected chi connectivity index (χ3v) is 6.85. The van der Waals surface area contributed by atoms with Crippen LogP contribution in [0.4, 0.5) is 11.4 Å². The first-order valence-corrected chi connectivity index (χ1v) is 12.5. The minimum atomic E-state index is -0.544. The second kappa shape index (κ2) is 11.4. The molecule has 1 heterocycles. The molecule has 1 saturated heterocycles. The van der Waals surface area contributed by atoms with Gasteiger partial charge in [-0.25, -0.2) is 4.99 Å². The molecular formula is C28H27N3O6S. The van der Waals surface area contributed by atoms with Crippen molar-refractivity contribution in [3.05, 3.63) is 91.4 Å². The van der Waals surface area contributed by atoms with E-state index < -0.39 is 4.92 Å². The summed E-state index contributed by atoms with van der Waals surface area (Å²) in [5.74, 6) is 0.958. The van der Waals surface area contributed by atoms with E-state index in [-0.39, 0.29) is 17.3 Å². The molecule has 38 heavy (non-hydrogen) atoms. The number of aliphatic imine (C=N–C) groups is 1. The molecule has 0 unspecified atom stereocenters. The number of amides is 1. The number of carbonyl (C=O) groups is 1. The number of amidine groups is 1. The number of thioether (sulfide) groups is 1. The van der Waals surface area contributed by atoms with Crippen LogP contribution in [-0.2, 0) is 11.4 Å². The second-order valence-electron chi connectivity index (χ2n) is 8.67. The molecule has 0 aliphatic carbocycles. The lowest BCUT2D eigenvalue weighted by atomic mass is 10.0. The van der Waals surface area contributed by atoms with E-state index in [4.69, 9.17) is 14.2 Å². The summed E-state index contributed by atoms with van der Waals surface area (Å²) in [6.07, 6.45) is 1.72. The Bertz CT molecular complexity index is 1460. The number of nitro benzene ring substituents is 1. The first kappa shape index (κ1) is 26.7. The predicted molar refractivity (Wildman–Crippen MR) is 148 cm³/mol.